The zero-order valence-corrected chi connectivity index (χ0v) is 17.4. The number of thioether (sulfide) groups is 1. The van der Waals surface area contributed by atoms with E-state index in [1.54, 1.807) is 42.5 Å². The van der Waals surface area contributed by atoms with Gasteiger partial charge in [0.25, 0.3) is 5.91 Å². The van der Waals surface area contributed by atoms with Crippen molar-refractivity contribution >= 4 is 51.1 Å². The van der Waals surface area contributed by atoms with Crippen LogP contribution in [0.1, 0.15) is 24.2 Å². The third-order valence-corrected chi connectivity index (χ3v) is 6.31. The van der Waals surface area contributed by atoms with E-state index in [2.05, 4.69) is 11.6 Å². The number of amidine groups is 1. The van der Waals surface area contributed by atoms with Crippen LogP contribution < -0.4 is 5.63 Å². The van der Waals surface area contributed by atoms with Crippen molar-refractivity contribution in [2.24, 2.45) is 4.99 Å². The van der Waals surface area contributed by atoms with Gasteiger partial charge in [-0.1, -0.05) is 60.3 Å². The van der Waals surface area contributed by atoms with E-state index in [4.69, 9.17) is 16.0 Å². The number of aliphatic imine (C=N–C) groups is 1. The van der Waals surface area contributed by atoms with E-state index in [-0.39, 0.29) is 5.56 Å². The van der Waals surface area contributed by atoms with Crippen LogP contribution in [0.4, 0.5) is 5.69 Å². The molecule has 0 saturated carbocycles. The molecule has 0 atom stereocenters. The first-order valence-electron chi connectivity index (χ1n) is 8.87. The van der Waals surface area contributed by atoms with Crippen molar-refractivity contribution < 1.29 is 9.21 Å². The summed E-state index contributed by atoms with van der Waals surface area (Å²) in [6.45, 7) is 7.79. The molecule has 2 aromatic carbocycles. The van der Waals surface area contributed by atoms with E-state index >= 15 is 0 Å². The highest BCUT2D eigenvalue weighted by atomic mass is 35.5. The first-order chi connectivity index (χ1) is 13.8. The van der Waals surface area contributed by atoms with Gasteiger partial charge in [0.15, 0.2) is 5.17 Å². The highest BCUT2D eigenvalue weighted by Crippen LogP contribution is 2.44. The molecule has 3 aromatic rings. The Labute approximate surface area is 176 Å². The van der Waals surface area contributed by atoms with E-state index in [9.17, 15) is 9.59 Å². The molecule has 0 aliphatic carbocycles. The number of amides is 1. The van der Waals surface area contributed by atoms with Gasteiger partial charge < -0.3 is 4.42 Å². The number of hydrogen-bond donors (Lipinski definition) is 0. The molecule has 0 spiro atoms. The van der Waals surface area contributed by atoms with Gasteiger partial charge in [-0.2, -0.15) is 0 Å². The molecule has 1 fully saturated rings. The van der Waals surface area contributed by atoms with Crippen LogP contribution in [0.5, 0.6) is 0 Å². The fraction of sp³-hybridized carbons (Fsp3) is 0.136. The summed E-state index contributed by atoms with van der Waals surface area (Å²) >= 11 is 7.52. The van der Waals surface area contributed by atoms with E-state index in [1.807, 2.05) is 26.0 Å². The summed E-state index contributed by atoms with van der Waals surface area (Å²) in [5, 5.41) is 1.54. The number of carbonyl (C=O) groups excluding carboxylic acids is 1. The highest BCUT2D eigenvalue weighted by Gasteiger charge is 2.45. The molecule has 7 heteroatoms. The summed E-state index contributed by atoms with van der Waals surface area (Å²) in [5.41, 5.74) is -0.535. The van der Waals surface area contributed by atoms with Crippen LogP contribution in [-0.2, 0) is 0 Å². The number of hydrogen-bond acceptors (Lipinski definition) is 5. The largest absolute Gasteiger partial charge is 0.422 e. The van der Waals surface area contributed by atoms with Crippen molar-refractivity contribution in [3.05, 3.63) is 87.1 Å². The molecular weight excluding hydrogens is 408 g/mol. The lowest BCUT2D eigenvalue weighted by atomic mass is 10.0. The lowest BCUT2D eigenvalue weighted by Gasteiger charge is -2.30. The number of fused-ring (bicyclic) bond motifs is 1. The Morgan fingerprint density at radius 2 is 1.86 bits per heavy atom. The minimum Gasteiger partial charge on any atom is -0.422 e. The van der Waals surface area contributed by atoms with Gasteiger partial charge in [-0.05, 0) is 38.1 Å². The molecule has 0 bridgehead atoms. The van der Waals surface area contributed by atoms with Crippen molar-refractivity contribution in [2.75, 3.05) is 0 Å². The Morgan fingerprint density at radius 1 is 1.17 bits per heavy atom. The van der Waals surface area contributed by atoms with Crippen LogP contribution in [-0.4, -0.2) is 21.5 Å². The predicted octanol–water partition coefficient (Wildman–Crippen LogP) is 5.62. The van der Waals surface area contributed by atoms with Gasteiger partial charge in [-0.15, -0.1) is 0 Å². The molecule has 1 aromatic heterocycles. The second-order valence-corrected chi connectivity index (χ2v) is 8.53. The third kappa shape index (κ3) is 3.39. The summed E-state index contributed by atoms with van der Waals surface area (Å²) in [5.74, 6) is -0.494. The van der Waals surface area contributed by atoms with Gasteiger partial charge >= 0.3 is 5.63 Å². The molecule has 0 N–H and O–H groups in total. The maximum absolute atomic E-state index is 13.5. The lowest BCUT2D eigenvalue weighted by molar-refractivity contribution is 0.0777. The molecular formula is C22H17ClN2O3S. The van der Waals surface area contributed by atoms with Gasteiger partial charge in [0.1, 0.15) is 11.1 Å². The zero-order valence-electron chi connectivity index (χ0n) is 15.8. The lowest BCUT2D eigenvalue weighted by Crippen LogP contribution is -2.46. The maximum Gasteiger partial charge on any atom is 0.349 e. The smallest absolute Gasteiger partial charge is 0.349 e. The Bertz CT molecular complexity index is 1250. The second kappa shape index (κ2) is 7.21. The molecule has 1 aliphatic rings. The third-order valence-electron chi connectivity index (χ3n) is 4.79. The molecule has 0 radical (unpaired) electrons. The van der Waals surface area contributed by atoms with Crippen molar-refractivity contribution in [3.8, 4) is 0 Å². The number of nitrogens with zero attached hydrogens (tertiary/aromatic N) is 2. The number of rotatable bonds is 2. The molecule has 1 aliphatic heterocycles. The van der Waals surface area contributed by atoms with Crippen LogP contribution in [0.15, 0.2) is 80.3 Å². The topological polar surface area (TPSA) is 62.9 Å². The average Bonchev–Trinajstić information content (AvgIpc) is 2.90. The second-order valence-electron chi connectivity index (χ2n) is 7.06. The van der Waals surface area contributed by atoms with Gasteiger partial charge in [0.2, 0.25) is 0 Å². The Hall–Kier alpha value is -2.83. The van der Waals surface area contributed by atoms with E-state index < -0.39 is 17.1 Å². The Balaban J connectivity index is 1.85. The van der Waals surface area contributed by atoms with Gasteiger partial charge in [-0.3, -0.25) is 9.69 Å². The summed E-state index contributed by atoms with van der Waals surface area (Å²) in [6, 6.07) is 15.7. The van der Waals surface area contributed by atoms with Crippen LogP contribution in [0, 0.1) is 0 Å². The highest BCUT2D eigenvalue weighted by molar-refractivity contribution is 8.17. The quantitative estimate of drug-likeness (QED) is 0.501. The van der Waals surface area contributed by atoms with Gasteiger partial charge in [0, 0.05) is 10.3 Å². The molecule has 1 saturated heterocycles. The molecule has 2 heterocycles. The fourth-order valence-electron chi connectivity index (χ4n) is 3.04. The number of benzene rings is 2. The molecule has 1 amide bonds. The molecule has 0 unspecified atom stereocenters. The first kappa shape index (κ1) is 19.5. The molecule has 146 valence electrons. The molecule has 29 heavy (non-hydrogen) atoms. The molecule has 4 rings (SSSR count). The van der Waals surface area contributed by atoms with Gasteiger partial charge in [0.05, 0.1) is 16.2 Å². The van der Waals surface area contributed by atoms with Crippen molar-refractivity contribution in [1.29, 1.82) is 0 Å². The Morgan fingerprint density at radius 3 is 2.62 bits per heavy atom. The summed E-state index contributed by atoms with van der Waals surface area (Å²) < 4.78 is 5.35. The van der Waals surface area contributed by atoms with Crippen molar-refractivity contribution in [1.82, 2.24) is 4.90 Å². The summed E-state index contributed by atoms with van der Waals surface area (Å²) in [4.78, 5) is 32.8. The van der Waals surface area contributed by atoms with Crippen molar-refractivity contribution in [2.45, 2.75) is 19.4 Å². The number of carbonyl (C=O) groups is 1. The predicted molar refractivity (Wildman–Crippen MR) is 118 cm³/mol. The Kier molecular flexibility index (Phi) is 4.84. The minimum absolute atomic E-state index is 0.0565. The average molecular weight is 425 g/mol. The standard InChI is InChI=1S/C22H17ClN2O3S/c1-13-22(2,3)25(21(29-13)24-17-10-6-5-9-16(17)23)19(26)15-12-14-8-4-7-11-18(14)28-20(15)27/h4-12H,1H2,2-3H3. The summed E-state index contributed by atoms with van der Waals surface area (Å²) in [7, 11) is 0. The fourth-order valence-corrected chi connectivity index (χ4v) is 4.32. The van der Waals surface area contributed by atoms with E-state index in [0.29, 0.717) is 26.8 Å². The van der Waals surface area contributed by atoms with Crippen molar-refractivity contribution in [3.63, 3.8) is 0 Å². The number of halogens is 1. The normalized spacial score (nSPS) is 17.3. The maximum atomic E-state index is 13.5. The first-order valence-corrected chi connectivity index (χ1v) is 10.1. The van der Waals surface area contributed by atoms with Gasteiger partial charge in [-0.25, -0.2) is 9.79 Å². The van der Waals surface area contributed by atoms with Crippen LogP contribution in [0.3, 0.4) is 0 Å². The SMILES string of the molecule is C=C1SC(=Nc2ccccc2Cl)N(C(=O)c2cc3ccccc3oc2=O)C1(C)C. The van der Waals surface area contributed by atoms with Crippen LogP contribution in [0.2, 0.25) is 5.02 Å². The summed E-state index contributed by atoms with van der Waals surface area (Å²) in [6.07, 6.45) is 0. The van der Waals surface area contributed by atoms with Crippen LogP contribution in [0.25, 0.3) is 11.0 Å². The molecule has 5 nitrogen and oxygen atoms in total. The monoisotopic (exact) mass is 424 g/mol. The minimum atomic E-state index is -0.750. The van der Waals surface area contributed by atoms with E-state index in [1.165, 1.54) is 16.7 Å². The van der Waals surface area contributed by atoms with Crippen LogP contribution >= 0.6 is 23.4 Å². The number of para-hydroxylation sites is 2. The van der Waals surface area contributed by atoms with E-state index in [0.717, 1.165) is 4.91 Å². The zero-order chi connectivity index (χ0) is 20.8.